The van der Waals surface area contributed by atoms with Gasteiger partial charge in [-0.3, -0.25) is 9.59 Å². The summed E-state index contributed by atoms with van der Waals surface area (Å²) in [6.07, 6.45) is 10.5. The fraction of sp³-hybridized carbons (Fsp3) is 0.800. The second kappa shape index (κ2) is 7.90. The zero-order valence-electron chi connectivity index (χ0n) is 22.3. The minimum atomic E-state index is -0.922. The van der Waals surface area contributed by atoms with Crippen molar-refractivity contribution < 1.29 is 14.7 Å². The zero-order chi connectivity index (χ0) is 24.6. The van der Waals surface area contributed by atoms with Gasteiger partial charge in [0.15, 0.2) is 5.78 Å². The molecule has 4 aliphatic carbocycles. The molecule has 0 spiro atoms. The normalized spacial score (nSPS) is 43.5. The minimum absolute atomic E-state index is 0.0461. The molecule has 0 aromatic rings. The summed E-state index contributed by atoms with van der Waals surface area (Å²) in [4.78, 5) is 25.4. The lowest BCUT2D eigenvalue weighted by Crippen LogP contribution is -2.57. The van der Waals surface area contributed by atoms with Crippen LogP contribution in [0.5, 0.6) is 0 Å². The average molecular weight is 455 g/mol. The number of Topliss-reactive ketones (excluding diaryl/α,β-unsaturated/α-hetero) is 1. The predicted octanol–water partition coefficient (Wildman–Crippen LogP) is 6.69. The molecule has 4 rings (SSSR count). The van der Waals surface area contributed by atoms with Crippen molar-refractivity contribution in [3.63, 3.8) is 0 Å². The number of carbonyl (C=O) groups excluding carboxylic acids is 2. The van der Waals surface area contributed by atoms with E-state index in [1.807, 2.05) is 13.8 Å². The SMILES string of the molecule is CC(C)=CC(=O)[C@@H](O)[C@H](C)[C@@H]1CC[C@]2(C)C3=CC[C@H]4C(C)(C)C(=O)CC[C@]4(C)[C@H]3CC[C@@]12C. The van der Waals surface area contributed by atoms with Gasteiger partial charge in [-0.05, 0) is 98.4 Å². The van der Waals surface area contributed by atoms with Gasteiger partial charge in [-0.2, -0.15) is 0 Å². The molecule has 0 radical (unpaired) electrons. The Bertz CT molecular complexity index is 906. The average Bonchev–Trinajstić information content (AvgIpc) is 3.01. The van der Waals surface area contributed by atoms with Crippen LogP contribution >= 0.6 is 0 Å². The van der Waals surface area contributed by atoms with Crippen molar-refractivity contribution in [3.05, 3.63) is 23.3 Å². The van der Waals surface area contributed by atoms with Gasteiger partial charge in [0.1, 0.15) is 11.9 Å². The van der Waals surface area contributed by atoms with Crippen molar-refractivity contribution in [1.82, 2.24) is 0 Å². The summed E-state index contributed by atoms with van der Waals surface area (Å²) in [5.74, 6) is 1.56. The number of hydrogen-bond donors (Lipinski definition) is 1. The number of allylic oxidation sites excluding steroid dienone is 3. The molecule has 0 aromatic carbocycles. The zero-order valence-corrected chi connectivity index (χ0v) is 22.3. The minimum Gasteiger partial charge on any atom is -0.385 e. The second-order valence-corrected chi connectivity index (χ2v) is 13.5. The van der Waals surface area contributed by atoms with Gasteiger partial charge >= 0.3 is 0 Å². The van der Waals surface area contributed by atoms with Crippen LogP contribution in [0.4, 0.5) is 0 Å². The predicted molar refractivity (Wildman–Crippen MR) is 134 cm³/mol. The number of fused-ring (bicyclic) bond motifs is 5. The maximum Gasteiger partial charge on any atom is 0.184 e. The highest BCUT2D eigenvalue weighted by atomic mass is 16.3. The third-order valence-corrected chi connectivity index (χ3v) is 11.5. The maximum atomic E-state index is 12.8. The molecule has 1 N–H and O–H groups in total. The van der Waals surface area contributed by atoms with Crippen LogP contribution in [0.1, 0.15) is 100 Å². The number of carbonyl (C=O) groups is 2. The summed E-state index contributed by atoms with van der Waals surface area (Å²) in [7, 11) is 0. The molecule has 3 fully saturated rings. The van der Waals surface area contributed by atoms with Crippen LogP contribution in [0.25, 0.3) is 0 Å². The van der Waals surface area contributed by atoms with Crippen molar-refractivity contribution in [2.45, 2.75) is 106 Å². The molecule has 0 heterocycles. The number of rotatable bonds is 4. The molecule has 4 aliphatic rings. The van der Waals surface area contributed by atoms with E-state index in [2.05, 4.69) is 47.6 Å². The van der Waals surface area contributed by atoms with E-state index >= 15 is 0 Å². The smallest absolute Gasteiger partial charge is 0.184 e. The standard InChI is InChI=1S/C30H46O3/c1-18(2)17-23(31)26(33)19(3)20-11-15-30(8)22-9-10-24-27(4,5)25(32)13-14-28(24,6)21(22)12-16-29(20,30)7/h9,17,19-21,24,26,33H,10-16H2,1-8H3/t19-,20+,21+,24+,26+,28-,29+,30-/m1/s1. The van der Waals surface area contributed by atoms with Gasteiger partial charge in [0.2, 0.25) is 0 Å². The van der Waals surface area contributed by atoms with Crippen molar-refractivity contribution >= 4 is 11.6 Å². The Morgan fingerprint density at radius 1 is 1.09 bits per heavy atom. The Morgan fingerprint density at radius 2 is 1.76 bits per heavy atom. The summed E-state index contributed by atoms with van der Waals surface area (Å²) < 4.78 is 0. The van der Waals surface area contributed by atoms with E-state index in [-0.39, 0.29) is 33.4 Å². The largest absolute Gasteiger partial charge is 0.385 e. The first-order chi connectivity index (χ1) is 15.2. The number of aliphatic hydroxyl groups is 1. The van der Waals surface area contributed by atoms with E-state index < -0.39 is 6.10 Å². The van der Waals surface area contributed by atoms with Gasteiger partial charge in [0, 0.05) is 11.8 Å². The van der Waals surface area contributed by atoms with Crippen LogP contribution < -0.4 is 0 Å². The second-order valence-electron chi connectivity index (χ2n) is 13.5. The van der Waals surface area contributed by atoms with Crippen molar-refractivity contribution in [2.24, 2.45) is 45.3 Å². The van der Waals surface area contributed by atoms with Gasteiger partial charge in [-0.25, -0.2) is 0 Å². The van der Waals surface area contributed by atoms with Crippen LogP contribution in [-0.4, -0.2) is 22.8 Å². The van der Waals surface area contributed by atoms with Crippen LogP contribution in [0.15, 0.2) is 23.3 Å². The highest BCUT2D eigenvalue weighted by molar-refractivity contribution is 5.94. The Kier molecular flexibility index (Phi) is 5.96. The fourth-order valence-corrected chi connectivity index (χ4v) is 9.25. The molecule has 0 unspecified atom stereocenters. The lowest BCUT2D eigenvalue weighted by atomic mass is 9.41. The molecule has 0 bridgehead atoms. The van der Waals surface area contributed by atoms with E-state index in [4.69, 9.17) is 0 Å². The molecule has 3 heteroatoms. The van der Waals surface area contributed by atoms with Crippen LogP contribution in [0.3, 0.4) is 0 Å². The van der Waals surface area contributed by atoms with E-state index in [1.54, 1.807) is 11.6 Å². The Labute approximate surface area is 201 Å². The molecule has 3 nitrogen and oxygen atoms in total. The summed E-state index contributed by atoms with van der Waals surface area (Å²) in [5.41, 5.74) is 2.73. The highest BCUT2D eigenvalue weighted by Gasteiger charge is 2.65. The number of aliphatic hydroxyl groups excluding tert-OH is 1. The lowest BCUT2D eigenvalue weighted by molar-refractivity contribution is -0.146. The molecule has 0 aromatic heterocycles. The van der Waals surface area contributed by atoms with E-state index in [9.17, 15) is 14.7 Å². The summed E-state index contributed by atoms with van der Waals surface area (Å²) in [6, 6.07) is 0. The Balaban J connectivity index is 1.67. The van der Waals surface area contributed by atoms with Gasteiger partial charge in [0.25, 0.3) is 0 Å². The summed E-state index contributed by atoms with van der Waals surface area (Å²) in [5, 5.41) is 11.0. The van der Waals surface area contributed by atoms with Crippen LogP contribution in [0, 0.1) is 45.3 Å². The molecular weight excluding hydrogens is 408 g/mol. The monoisotopic (exact) mass is 454 g/mol. The Hall–Kier alpha value is -1.22. The first kappa shape index (κ1) is 24.9. The van der Waals surface area contributed by atoms with Crippen LogP contribution in [0.2, 0.25) is 0 Å². The molecule has 184 valence electrons. The molecule has 3 saturated carbocycles. The molecular formula is C30H46O3. The van der Waals surface area contributed by atoms with Crippen molar-refractivity contribution in [2.75, 3.05) is 0 Å². The molecule has 8 atom stereocenters. The molecule has 0 aliphatic heterocycles. The van der Waals surface area contributed by atoms with Gasteiger partial charge in [-0.1, -0.05) is 58.8 Å². The third-order valence-electron chi connectivity index (χ3n) is 11.5. The number of ketones is 2. The van der Waals surface area contributed by atoms with E-state index in [0.717, 1.165) is 50.5 Å². The van der Waals surface area contributed by atoms with Gasteiger partial charge in [-0.15, -0.1) is 0 Å². The summed E-state index contributed by atoms with van der Waals surface area (Å²) in [6.45, 7) is 17.7. The van der Waals surface area contributed by atoms with Gasteiger partial charge < -0.3 is 5.11 Å². The number of hydrogen-bond acceptors (Lipinski definition) is 3. The summed E-state index contributed by atoms with van der Waals surface area (Å²) >= 11 is 0. The molecule has 0 saturated heterocycles. The molecule has 33 heavy (non-hydrogen) atoms. The fourth-order valence-electron chi connectivity index (χ4n) is 9.25. The Morgan fingerprint density at radius 3 is 2.39 bits per heavy atom. The topological polar surface area (TPSA) is 54.4 Å². The quantitative estimate of drug-likeness (QED) is 0.380. The van der Waals surface area contributed by atoms with Crippen LogP contribution in [-0.2, 0) is 9.59 Å². The first-order valence-electron chi connectivity index (χ1n) is 13.3. The molecule has 0 amide bonds. The lowest BCUT2D eigenvalue weighted by Gasteiger charge is -2.63. The van der Waals surface area contributed by atoms with E-state index in [1.165, 1.54) is 0 Å². The highest BCUT2D eigenvalue weighted by Crippen LogP contribution is 2.73. The first-order valence-corrected chi connectivity index (χ1v) is 13.3. The third kappa shape index (κ3) is 3.39. The maximum absolute atomic E-state index is 12.8. The van der Waals surface area contributed by atoms with E-state index in [0.29, 0.717) is 23.5 Å². The van der Waals surface area contributed by atoms with Crippen molar-refractivity contribution in [1.29, 1.82) is 0 Å². The van der Waals surface area contributed by atoms with Crippen molar-refractivity contribution in [3.8, 4) is 0 Å². The van der Waals surface area contributed by atoms with Gasteiger partial charge in [0.05, 0.1) is 0 Å².